The lowest BCUT2D eigenvalue weighted by atomic mass is 10.1. The third kappa shape index (κ3) is 1.90. The van der Waals surface area contributed by atoms with Crippen LogP contribution in [0.2, 0.25) is 0 Å². The van der Waals surface area contributed by atoms with Crippen LogP contribution in [0.15, 0.2) is 30.3 Å². The maximum absolute atomic E-state index is 5.89. The standard InChI is InChI=1S/C14H15N3O/c1-9-7-13(15-2)17-14(16-9)12-8-10-5-3-4-6-11(10)18-12/h3-7,12H,8H2,1-2H3,(H,15,16,17). The van der Waals surface area contributed by atoms with Gasteiger partial charge < -0.3 is 10.1 Å². The second kappa shape index (κ2) is 4.29. The lowest BCUT2D eigenvalue weighted by Crippen LogP contribution is -2.10. The van der Waals surface area contributed by atoms with Gasteiger partial charge in [-0.3, -0.25) is 0 Å². The first-order chi connectivity index (χ1) is 8.76. The van der Waals surface area contributed by atoms with E-state index < -0.39 is 0 Å². The van der Waals surface area contributed by atoms with Crippen LogP contribution < -0.4 is 10.1 Å². The van der Waals surface area contributed by atoms with Gasteiger partial charge in [0.2, 0.25) is 0 Å². The fourth-order valence-electron chi connectivity index (χ4n) is 2.19. The van der Waals surface area contributed by atoms with Gasteiger partial charge >= 0.3 is 0 Å². The first-order valence-corrected chi connectivity index (χ1v) is 6.04. The molecular formula is C14H15N3O. The monoisotopic (exact) mass is 241 g/mol. The zero-order chi connectivity index (χ0) is 12.5. The van der Waals surface area contributed by atoms with Crippen molar-refractivity contribution in [2.24, 2.45) is 0 Å². The van der Waals surface area contributed by atoms with Crippen molar-refractivity contribution in [3.63, 3.8) is 0 Å². The van der Waals surface area contributed by atoms with Crippen LogP contribution in [0.4, 0.5) is 5.82 Å². The van der Waals surface area contributed by atoms with E-state index >= 15 is 0 Å². The van der Waals surface area contributed by atoms with Crippen molar-refractivity contribution in [2.45, 2.75) is 19.4 Å². The molecule has 4 nitrogen and oxygen atoms in total. The number of ether oxygens (including phenoxy) is 1. The van der Waals surface area contributed by atoms with E-state index in [0.717, 1.165) is 29.5 Å². The Balaban J connectivity index is 1.92. The maximum Gasteiger partial charge on any atom is 0.172 e. The van der Waals surface area contributed by atoms with E-state index in [1.807, 2.05) is 38.2 Å². The summed E-state index contributed by atoms with van der Waals surface area (Å²) in [6, 6.07) is 10.0. The van der Waals surface area contributed by atoms with Crippen LogP contribution in [-0.4, -0.2) is 17.0 Å². The first-order valence-electron chi connectivity index (χ1n) is 6.04. The lowest BCUT2D eigenvalue weighted by Gasteiger charge is -2.11. The quantitative estimate of drug-likeness (QED) is 0.877. The summed E-state index contributed by atoms with van der Waals surface area (Å²) in [6.45, 7) is 1.97. The molecule has 1 aliphatic heterocycles. The molecule has 2 aromatic rings. The minimum Gasteiger partial charge on any atom is -0.482 e. The number of aromatic nitrogens is 2. The molecule has 2 heterocycles. The molecule has 1 aromatic heterocycles. The Morgan fingerprint density at radius 1 is 1.28 bits per heavy atom. The van der Waals surface area contributed by atoms with E-state index in [1.165, 1.54) is 5.56 Å². The van der Waals surface area contributed by atoms with Crippen LogP contribution in [-0.2, 0) is 6.42 Å². The largest absolute Gasteiger partial charge is 0.482 e. The van der Waals surface area contributed by atoms with E-state index in [0.29, 0.717) is 0 Å². The van der Waals surface area contributed by atoms with Crippen molar-refractivity contribution >= 4 is 5.82 Å². The van der Waals surface area contributed by atoms with Crippen molar-refractivity contribution in [1.29, 1.82) is 0 Å². The molecule has 1 aromatic carbocycles. The van der Waals surface area contributed by atoms with Crippen molar-refractivity contribution in [3.05, 3.63) is 47.4 Å². The summed E-state index contributed by atoms with van der Waals surface area (Å²) >= 11 is 0. The Hall–Kier alpha value is -2.10. The Morgan fingerprint density at radius 2 is 2.11 bits per heavy atom. The SMILES string of the molecule is CNc1cc(C)nc(C2Cc3ccccc3O2)n1. The molecule has 92 valence electrons. The molecule has 0 spiro atoms. The van der Waals surface area contributed by atoms with Gasteiger partial charge in [-0.05, 0) is 18.6 Å². The molecular weight excluding hydrogens is 226 g/mol. The number of nitrogens with zero attached hydrogens (tertiary/aromatic N) is 2. The molecule has 18 heavy (non-hydrogen) atoms. The zero-order valence-electron chi connectivity index (χ0n) is 10.5. The van der Waals surface area contributed by atoms with E-state index in [-0.39, 0.29) is 6.10 Å². The van der Waals surface area contributed by atoms with Crippen molar-refractivity contribution < 1.29 is 4.74 Å². The number of anilines is 1. The summed E-state index contributed by atoms with van der Waals surface area (Å²) in [5.41, 5.74) is 2.17. The first kappa shape index (κ1) is 11.0. The summed E-state index contributed by atoms with van der Waals surface area (Å²) in [5.74, 6) is 2.52. The molecule has 0 fully saturated rings. The van der Waals surface area contributed by atoms with Gasteiger partial charge in [0.15, 0.2) is 11.9 Å². The third-order valence-electron chi connectivity index (χ3n) is 3.06. The summed E-state index contributed by atoms with van der Waals surface area (Å²) in [4.78, 5) is 8.94. The Kier molecular flexibility index (Phi) is 2.63. The second-order valence-corrected chi connectivity index (χ2v) is 4.42. The Morgan fingerprint density at radius 3 is 2.89 bits per heavy atom. The highest BCUT2D eigenvalue weighted by atomic mass is 16.5. The van der Waals surface area contributed by atoms with Crippen molar-refractivity contribution in [2.75, 3.05) is 12.4 Å². The molecule has 3 rings (SSSR count). The van der Waals surface area contributed by atoms with Gasteiger partial charge in [-0.1, -0.05) is 18.2 Å². The fourth-order valence-corrected chi connectivity index (χ4v) is 2.19. The molecule has 1 atom stereocenters. The van der Waals surface area contributed by atoms with E-state index in [9.17, 15) is 0 Å². The molecule has 4 heteroatoms. The summed E-state index contributed by atoms with van der Waals surface area (Å²) < 4.78 is 5.89. The lowest BCUT2D eigenvalue weighted by molar-refractivity contribution is 0.227. The molecule has 1 unspecified atom stereocenters. The number of para-hydroxylation sites is 1. The number of aryl methyl sites for hydroxylation is 1. The molecule has 0 bridgehead atoms. The van der Waals surface area contributed by atoms with E-state index in [2.05, 4.69) is 21.4 Å². The molecule has 0 radical (unpaired) electrons. The fraction of sp³-hybridized carbons (Fsp3) is 0.286. The van der Waals surface area contributed by atoms with Crippen LogP contribution >= 0.6 is 0 Å². The summed E-state index contributed by atoms with van der Waals surface area (Å²) in [7, 11) is 1.86. The highest BCUT2D eigenvalue weighted by molar-refractivity contribution is 5.40. The van der Waals surface area contributed by atoms with Crippen LogP contribution in [0.5, 0.6) is 5.75 Å². The average molecular weight is 241 g/mol. The van der Waals surface area contributed by atoms with Gasteiger partial charge in [0.1, 0.15) is 11.6 Å². The van der Waals surface area contributed by atoms with E-state index in [4.69, 9.17) is 4.74 Å². The van der Waals surface area contributed by atoms with Gasteiger partial charge in [-0.2, -0.15) is 0 Å². The maximum atomic E-state index is 5.89. The van der Waals surface area contributed by atoms with Crippen LogP contribution in [0, 0.1) is 6.92 Å². The number of fused-ring (bicyclic) bond motifs is 1. The number of nitrogens with one attached hydrogen (secondary N) is 1. The van der Waals surface area contributed by atoms with Crippen LogP contribution in [0.25, 0.3) is 0 Å². The minimum absolute atomic E-state index is 0.0746. The number of hydrogen-bond acceptors (Lipinski definition) is 4. The Labute approximate surface area is 106 Å². The van der Waals surface area contributed by atoms with Gasteiger partial charge in [0.25, 0.3) is 0 Å². The number of benzene rings is 1. The molecule has 0 amide bonds. The average Bonchev–Trinajstić information content (AvgIpc) is 2.81. The molecule has 1 N–H and O–H groups in total. The highest BCUT2D eigenvalue weighted by Gasteiger charge is 2.26. The number of rotatable bonds is 2. The predicted octanol–water partition coefficient (Wildman–Crippen LogP) is 2.50. The van der Waals surface area contributed by atoms with Crippen molar-refractivity contribution in [1.82, 2.24) is 9.97 Å². The predicted molar refractivity (Wildman–Crippen MR) is 69.8 cm³/mol. The highest BCUT2D eigenvalue weighted by Crippen LogP contribution is 2.35. The normalized spacial score (nSPS) is 17.1. The second-order valence-electron chi connectivity index (χ2n) is 4.42. The summed E-state index contributed by atoms with van der Waals surface area (Å²) in [6.07, 6.45) is 0.761. The van der Waals surface area contributed by atoms with Crippen LogP contribution in [0.3, 0.4) is 0 Å². The molecule has 0 saturated carbocycles. The van der Waals surface area contributed by atoms with Crippen LogP contribution in [0.1, 0.15) is 23.2 Å². The summed E-state index contributed by atoms with van der Waals surface area (Å²) in [5, 5.41) is 3.05. The zero-order valence-corrected chi connectivity index (χ0v) is 10.5. The molecule has 0 saturated heterocycles. The van der Waals surface area contributed by atoms with Gasteiger partial charge in [-0.25, -0.2) is 9.97 Å². The van der Waals surface area contributed by atoms with Crippen molar-refractivity contribution in [3.8, 4) is 5.75 Å². The minimum atomic E-state index is -0.0746. The van der Waals surface area contributed by atoms with E-state index in [1.54, 1.807) is 0 Å². The van der Waals surface area contributed by atoms with Gasteiger partial charge in [-0.15, -0.1) is 0 Å². The smallest absolute Gasteiger partial charge is 0.172 e. The van der Waals surface area contributed by atoms with Gasteiger partial charge in [0.05, 0.1) is 0 Å². The number of hydrogen-bond donors (Lipinski definition) is 1. The molecule has 1 aliphatic rings. The molecule has 0 aliphatic carbocycles. The third-order valence-corrected chi connectivity index (χ3v) is 3.06. The van der Waals surface area contributed by atoms with Gasteiger partial charge in [0, 0.05) is 25.2 Å². The Bertz CT molecular complexity index is 558. The topological polar surface area (TPSA) is 47.0 Å².